The minimum atomic E-state index is -0.110. The summed E-state index contributed by atoms with van der Waals surface area (Å²) in [6.07, 6.45) is 2.71. The minimum Gasteiger partial charge on any atom is -0.381 e. The molecule has 0 unspecified atom stereocenters. The first kappa shape index (κ1) is 15.6. The number of carbonyl (C=O) groups excluding carboxylic acids is 1. The highest BCUT2D eigenvalue weighted by Crippen LogP contribution is 2.32. The van der Waals surface area contributed by atoms with Gasteiger partial charge in [0.25, 0.3) is 0 Å². The molecule has 126 valence electrons. The van der Waals surface area contributed by atoms with E-state index in [2.05, 4.69) is 15.5 Å². The Morgan fingerprint density at radius 1 is 1.12 bits per heavy atom. The molecule has 24 heavy (non-hydrogen) atoms. The highest BCUT2D eigenvalue weighted by molar-refractivity contribution is 8.00. The molecule has 0 aliphatic carbocycles. The molecule has 1 amide bonds. The highest BCUT2D eigenvalue weighted by Gasteiger charge is 2.37. The minimum absolute atomic E-state index is 0.110. The van der Waals surface area contributed by atoms with Crippen LogP contribution < -0.4 is 0 Å². The van der Waals surface area contributed by atoms with E-state index in [4.69, 9.17) is 4.74 Å². The van der Waals surface area contributed by atoms with E-state index in [1.807, 2.05) is 35.2 Å². The number of nitrogens with zero attached hydrogens (tertiary/aromatic N) is 5. The number of amides is 1. The maximum absolute atomic E-state index is 12.8. The number of aromatic nitrogens is 4. The molecule has 0 radical (unpaired) electrons. The van der Waals surface area contributed by atoms with Crippen molar-refractivity contribution in [1.29, 1.82) is 0 Å². The van der Waals surface area contributed by atoms with Crippen LogP contribution >= 0.6 is 11.8 Å². The number of rotatable bonds is 4. The zero-order chi connectivity index (χ0) is 16.4. The number of ether oxygens (including phenoxy) is 1. The van der Waals surface area contributed by atoms with Crippen molar-refractivity contribution in [3.63, 3.8) is 0 Å². The lowest BCUT2D eigenvalue weighted by Gasteiger charge is -2.31. The molecule has 8 heteroatoms. The maximum atomic E-state index is 12.8. The maximum Gasteiger partial charge on any atom is 0.236 e. The summed E-state index contributed by atoms with van der Waals surface area (Å²) < 4.78 is 7.09. The predicted molar refractivity (Wildman–Crippen MR) is 89.0 cm³/mol. The summed E-state index contributed by atoms with van der Waals surface area (Å²) in [6.45, 7) is 2.31. The van der Waals surface area contributed by atoms with Crippen LogP contribution in [0.4, 0.5) is 0 Å². The standard InChI is InChI=1S/C16H19N5O2S/c22-15-14(6-9-20(15)12-7-10-23-11-8-12)24-16-17-18-19-21(16)13-4-2-1-3-5-13/h1-5,12,14H,6-11H2/t14-/m0/s1. The monoisotopic (exact) mass is 345 g/mol. The highest BCUT2D eigenvalue weighted by atomic mass is 32.2. The van der Waals surface area contributed by atoms with Crippen LogP contribution in [0.25, 0.3) is 5.69 Å². The van der Waals surface area contributed by atoms with Gasteiger partial charge < -0.3 is 9.64 Å². The van der Waals surface area contributed by atoms with E-state index < -0.39 is 0 Å². The zero-order valence-corrected chi connectivity index (χ0v) is 14.1. The third-order valence-corrected chi connectivity index (χ3v) is 5.70. The molecule has 2 aliphatic rings. The van der Waals surface area contributed by atoms with Crippen LogP contribution in [0.5, 0.6) is 0 Å². The van der Waals surface area contributed by atoms with E-state index in [1.165, 1.54) is 11.8 Å². The molecule has 3 heterocycles. The second kappa shape index (κ2) is 6.90. The molecule has 1 atom stereocenters. The van der Waals surface area contributed by atoms with Gasteiger partial charge in [0.1, 0.15) is 0 Å². The Kier molecular flexibility index (Phi) is 4.48. The van der Waals surface area contributed by atoms with Crippen molar-refractivity contribution in [2.45, 2.75) is 35.7 Å². The summed E-state index contributed by atoms with van der Waals surface area (Å²) in [6, 6.07) is 10.1. The smallest absolute Gasteiger partial charge is 0.236 e. The molecule has 2 saturated heterocycles. The van der Waals surface area contributed by atoms with Crippen molar-refractivity contribution < 1.29 is 9.53 Å². The summed E-state index contributed by atoms with van der Waals surface area (Å²) in [5.41, 5.74) is 0.900. The average Bonchev–Trinajstić information content (AvgIpc) is 3.24. The average molecular weight is 345 g/mol. The van der Waals surface area contributed by atoms with Gasteiger partial charge in [0.15, 0.2) is 0 Å². The van der Waals surface area contributed by atoms with Crippen molar-refractivity contribution in [3.05, 3.63) is 30.3 Å². The Morgan fingerprint density at radius 3 is 2.71 bits per heavy atom. The van der Waals surface area contributed by atoms with E-state index in [0.29, 0.717) is 11.2 Å². The van der Waals surface area contributed by atoms with Crippen LogP contribution in [-0.4, -0.2) is 62.1 Å². The molecule has 7 nitrogen and oxygen atoms in total. The van der Waals surface area contributed by atoms with Gasteiger partial charge in [-0.1, -0.05) is 30.0 Å². The van der Waals surface area contributed by atoms with Gasteiger partial charge in [0, 0.05) is 25.8 Å². The van der Waals surface area contributed by atoms with Gasteiger partial charge in [-0.05, 0) is 41.8 Å². The van der Waals surface area contributed by atoms with Crippen molar-refractivity contribution in [1.82, 2.24) is 25.1 Å². The quantitative estimate of drug-likeness (QED) is 0.837. The molecule has 2 fully saturated rings. The molecule has 1 aromatic carbocycles. The topological polar surface area (TPSA) is 73.1 Å². The zero-order valence-electron chi connectivity index (χ0n) is 13.2. The molecule has 2 aliphatic heterocycles. The molecule has 0 bridgehead atoms. The molecule has 4 rings (SSSR count). The molecule has 0 spiro atoms. The van der Waals surface area contributed by atoms with Crippen molar-refractivity contribution in [2.75, 3.05) is 19.8 Å². The number of hydrogen-bond acceptors (Lipinski definition) is 6. The van der Waals surface area contributed by atoms with Crippen molar-refractivity contribution in [3.8, 4) is 5.69 Å². The number of para-hydroxylation sites is 1. The van der Waals surface area contributed by atoms with Crippen LogP contribution in [0, 0.1) is 0 Å². The van der Waals surface area contributed by atoms with Crippen molar-refractivity contribution >= 4 is 17.7 Å². The normalized spacial score (nSPS) is 22.2. The fraction of sp³-hybridized carbons (Fsp3) is 0.500. The molecular weight excluding hydrogens is 326 g/mol. The summed E-state index contributed by atoms with van der Waals surface area (Å²) in [7, 11) is 0. The van der Waals surface area contributed by atoms with Gasteiger partial charge in [-0.3, -0.25) is 4.79 Å². The van der Waals surface area contributed by atoms with E-state index in [0.717, 1.165) is 44.7 Å². The second-order valence-corrected chi connectivity index (χ2v) is 7.15. The number of tetrazole rings is 1. The lowest BCUT2D eigenvalue weighted by Crippen LogP contribution is -2.41. The van der Waals surface area contributed by atoms with E-state index in [-0.39, 0.29) is 11.2 Å². The molecule has 0 N–H and O–H groups in total. The van der Waals surface area contributed by atoms with Gasteiger partial charge >= 0.3 is 0 Å². The lowest BCUT2D eigenvalue weighted by molar-refractivity contribution is -0.130. The third kappa shape index (κ3) is 3.03. The Morgan fingerprint density at radius 2 is 1.92 bits per heavy atom. The Hall–Kier alpha value is -1.93. The summed E-state index contributed by atoms with van der Waals surface area (Å²) >= 11 is 1.46. The van der Waals surface area contributed by atoms with Crippen LogP contribution in [-0.2, 0) is 9.53 Å². The largest absolute Gasteiger partial charge is 0.381 e. The fourth-order valence-corrected chi connectivity index (χ4v) is 4.29. The van der Waals surface area contributed by atoms with Gasteiger partial charge in [-0.2, -0.15) is 4.68 Å². The first-order chi connectivity index (χ1) is 11.8. The Labute approximate surface area is 144 Å². The third-order valence-electron chi connectivity index (χ3n) is 4.51. The first-order valence-corrected chi connectivity index (χ1v) is 9.09. The van der Waals surface area contributed by atoms with Crippen LogP contribution in [0.1, 0.15) is 19.3 Å². The van der Waals surface area contributed by atoms with Gasteiger partial charge in [-0.25, -0.2) is 0 Å². The van der Waals surface area contributed by atoms with Gasteiger partial charge in [0.05, 0.1) is 10.9 Å². The summed E-state index contributed by atoms with van der Waals surface area (Å²) in [5, 5.41) is 12.5. The van der Waals surface area contributed by atoms with Gasteiger partial charge in [-0.15, -0.1) is 5.10 Å². The molecule has 2 aromatic rings. The Bertz CT molecular complexity index is 702. The predicted octanol–water partition coefficient (Wildman–Crippen LogP) is 1.53. The summed E-state index contributed by atoms with van der Waals surface area (Å²) in [4.78, 5) is 14.8. The number of hydrogen-bond donors (Lipinski definition) is 0. The lowest BCUT2D eigenvalue weighted by atomic mass is 10.1. The SMILES string of the molecule is O=C1[C@@H](Sc2nnnn2-c2ccccc2)CCN1C1CCOCC1. The number of carbonyl (C=O) groups is 1. The molecule has 0 saturated carbocycles. The number of likely N-dealkylation sites (tertiary alicyclic amines) is 1. The first-order valence-electron chi connectivity index (χ1n) is 8.21. The van der Waals surface area contributed by atoms with E-state index in [1.54, 1.807) is 4.68 Å². The van der Waals surface area contributed by atoms with E-state index in [9.17, 15) is 4.79 Å². The molecular formula is C16H19N5O2S. The van der Waals surface area contributed by atoms with Crippen molar-refractivity contribution in [2.24, 2.45) is 0 Å². The second-order valence-electron chi connectivity index (χ2n) is 5.98. The molecule has 1 aromatic heterocycles. The Balaban J connectivity index is 1.47. The fourth-order valence-electron chi connectivity index (χ4n) is 3.25. The van der Waals surface area contributed by atoms with Crippen LogP contribution in [0.3, 0.4) is 0 Å². The van der Waals surface area contributed by atoms with Crippen LogP contribution in [0.2, 0.25) is 0 Å². The summed E-state index contributed by atoms with van der Waals surface area (Å²) in [5.74, 6) is 0.203. The number of thioether (sulfide) groups is 1. The van der Waals surface area contributed by atoms with Gasteiger partial charge in [0.2, 0.25) is 11.1 Å². The van der Waals surface area contributed by atoms with E-state index >= 15 is 0 Å². The number of benzene rings is 1. The van der Waals surface area contributed by atoms with Crippen LogP contribution in [0.15, 0.2) is 35.5 Å².